The molecule has 0 saturated carbocycles. The third kappa shape index (κ3) is 5.56. The number of rotatable bonds is 5. The van der Waals surface area contributed by atoms with Crippen molar-refractivity contribution in [3.63, 3.8) is 0 Å². The summed E-state index contributed by atoms with van der Waals surface area (Å²) in [5.41, 5.74) is 0.215. The van der Waals surface area contributed by atoms with Crippen LogP contribution in [0.25, 0.3) is 11.3 Å². The first-order valence-corrected chi connectivity index (χ1v) is 9.79. The molecule has 0 atom stereocenters. The van der Waals surface area contributed by atoms with E-state index < -0.39 is 11.9 Å². The van der Waals surface area contributed by atoms with Crippen molar-refractivity contribution >= 4 is 39.3 Å². The van der Waals surface area contributed by atoms with Crippen LogP contribution >= 0.6 is 27.7 Å². The molecule has 1 heterocycles. The van der Waals surface area contributed by atoms with E-state index in [0.29, 0.717) is 11.3 Å². The first kappa shape index (κ1) is 20.3. The Morgan fingerprint density at radius 1 is 1.04 bits per heavy atom. The maximum atomic E-state index is 13.2. The molecule has 0 aliphatic rings. The van der Waals surface area contributed by atoms with Gasteiger partial charge in [-0.3, -0.25) is 4.79 Å². The fourth-order valence-corrected chi connectivity index (χ4v) is 3.17. The van der Waals surface area contributed by atoms with Crippen LogP contribution in [0.1, 0.15) is 5.69 Å². The highest BCUT2D eigenvalue weighted by Crippen LogP contribution is 2.32. The lowest BCUT2D eigenvalue weighted by atomic mass is 10.1. The summed E-state index contributed by atoms with van der Waals surface area (Å²) in [6, 6.07) is 16.4. The third-order valence-corrected chi connectivity index (χ3v) is 4.90. The lowest BCUT2D eigenvalue weighted by molar-refractivity contribution is -0.141. The Labute approximate surface area is 171 Å². The van der Waals surface area contributed by atoms with Crippen LogP contribution in [0.15, 0.2) is 70.3 Å². The van der Waals surface area contributed by atoms with Gasteiger partial charge in [-0.05, 0) is 30.3 Å². The minimum Gasteiger partial charge on any atom is -0.325 e. The number of anilines is 1. The molecule has 2 aromatic carbocycles. The molecule has 0 aliphatic heterocycles. The van der Waals surface area contributed by atoms with E-state index in [4.69, 9.17) is 0 Å². The molecule has 1 amide bonds. The quantitative estimate of drug-likeness (QED) is 0.388. The lowest BCUT2D eigenvalue weighted by Gasteiger charge is -2.11. The Morgan fingerprint density at radius 3 is 2.36 bits per heavy atom. The molecule has 4 nitrogen and oxygen atoms in total. The highest BCUT2D eigenvalue weighted by molar-refractivity contribution is 9.10. The number of nitrogens with zero attached hydrogens (tertiary/aromatic N) is 2. The predicted octanol–water partition coefficient (Wildman–Crippen LogP) is 5.66. The maximum absolute atomic E-state index is 13.2. The summed E-state index contributed by atoms with van der Waals surface area (Å²) in [5, 5.41) is 2.55. The number of benzene rings is 2. The first-order chi connectivity index (χ1) is 13.3. The van der Waals surface area contributed by atoms with Crippen molar-refractivity contribution in [2.24, 2.45) is 0 Å². The summed E-state index contributed by atoms with van der Waals surface area (Å²) in [5.74, 6) is -0.474. The van der Waals surface area contributed by atoms with Gasteiger partial charge >= 0.3 is 6.18 Å². The van der Waals surface area contributed by atoms with Gasteiger partial charge in [0, 0.05) is 15.7 Å². The largest absolute Gasteiger partial charge is 0.433 e. The number of carbonyl (C=O) groups is 1. The smallest absolute Gasteiger partial charge is 0.325 e. The van der Waals surface area contributed by atoms with E-state index in [9.17, 15) is 18.0 Å². The predicted molar refractivity (Wildman–Crippen MR) is 106 cm³/mol. The van der Waals surface area contributed by atoms with Gasteiger partial charge in [0.1, 0.15) is 5.69 Å². The number of hydrogen-bond acceptors (Lipinski definition) is 4. The van der Waals surface area contributed by atoms with Crippen molar-refractivity contribution in [3.8, 4) is 11.3 Å². The second-order valence-electron chi connectivity index (χ2n) is 5.63. The molecule has 144 valence electrons. The summed E-state index contributed by atoms with van der Waals surface area (Å²) in [7, 11) is 0. The van der Waals surface area contributed by atoms with Crippen LogP contribution in [0.3, 0.4) is 0 Å². The number of alkyl halides is 3. The minimum absolute atomic E-state index is 0.115. The molecule has 1 aromatic heterocycles. The fraction of sp³-hybridized carbons (Fsp3) is 0.105. The Hall–Kier alpha value is -2.39. The van der Waals surface area contributed by atoms with Crippen LogP contribution < -0.4 is 5.32 Å². The van der Waals surface area contributed by atoms with E-state index in [1.165, 1.54) is 0 Å². The number of aromatic nitrogens is 2. The zero-order chi connectivity index (χ0) is 20.1. The molecule has 0 fully saturated rings. The van der Waals surface area contributed by atoms with Crippen molar-refractivity contribution in [1.82, 2.24) is 9.97 Å². The van der Waals surface area contributed by atoms with Crippen LogP contribution in [0, 0.1) is 0 Å². The van der Waals surface area contributed by atoms with E-state index in [1.807, 2.05) is 6.07 Å². The lowest BCUT2D eigenvalue weighted by Crippen LogP contribution is -2.15. The topological polar surface area (TPSA) is 54.9 Å². The van der Waals surface area contributed by atoms with Crippen LogP contribution in [-0.2, 0) is 11.0 Å². The van der Waals surface area contributed by atoms with E-state index in [1.54, 1.807) is 48.5 Å². The molecule has 0 aliphatic carbocycles. The molecule has 28 heavy (non-hydrogen) atoms. The van der Waals surface area contributed by atoms with E-state index in [2.05, 4.69) is 31.2 Å². The Morgan fingerprint density at radius 2 is 1.71 bits per heavy atom. The summed E-state index contributed by atoms with van der Waals surface area (Å²) in [4.78, 5) is 19.8. The number of halogens is 4. The second kappa shape index (κ2) is 8.74. The monoisotopic (exact) mass is 467 g/mol. The molecule has 3 rings (SSSR count). The van der Waals surface area contributed by atoms with Crippen LogP contribution in [0.4, 0.5) is 18.9 Å². The van der Waals surface area contributed by atoms with Crippen molar-refractivity contribution in [1.29, 1.82) is 0 Å². The molecular formula is C19H13BrF3N3OS. The van der Waals surface area contributed by atoms with Gasteiger partial charge in [-0.1, -0.05) is 58.0 Å². The van der Waals surface area contributed by atoms with Gasteiger partial charge < -0.3 is 5.32 Å². The Kier molecular flexibility index (Phi) is 6.35. The second-order valence-corrected chi connectivity index (χ2v) is 7.49. The van der Waals surface area contributed by atoms with E-state index >= 15 is 0 Å². The molecule has 9 heteroatoms. The number of hydrogen-bond donors (Lipinski definition) is 1. The van der Waals surface area contributed by atoms with Gasteiger partial charge in [0.2, 0.25) is 5.91 Å². The van der Waals surface area contributed by atoms with Gasteiger partial charge in [0.25, 0.3) is 0 Å². The van der Waals surface area contributed by atoms with Gasteiger partial charge in [-0.2, -0.15) is 13.2 Å². The average molecular weight is 468 g/mol. The SMILES string of the molecule is O=C(CSc1nc(-c2ccc(Br)cc2)cc(C(F)(F)F)n1)Nc1ccccc1. The zero-order valence-electron chi connectivity index (χ0n) is 14.2. The summed E-state index contributed by atoms with van der Waals surface area (Å²) < 4.78 is 40.5. The van der Waals surface area contributed by atoms with Crippen LogP contribution in [-0.4, -0.2) is 21.6 Å². The molecule has 0 saturated heterocycles. The highest BCUT2D eigenvalue weighted by atomic mass is 79.9. The van der Waals surface area contributed by atoms with Gasteiger partial charge in [0.15, 0.2) is 5.16 Å². The molecule has 3 aromatic rings. The van der Waals surface area contributed by atoms with Crippen LogP contribution in [0.5, 0.6) is 0 Å². The molecule has 0 bridgehead atoms. The van der Waals surface area contributed by atoms with Gasteiger partial charge in [-0.15, -0.1) is 0 Å². The number of thioether (sulfide) groups is 1. The van der Waals surface area contributed by atoms with Crippen LogP contribution in [0.2, 0.25) is 0 Å². The first-order valence-electron chi connectivity index (χ1n) is 8.01. The summed E-state index contributed by atoms with van der Waals surface area (Å²) in [6.07, 6.45) is -4.62. The van der Waals surface area contributed by atoms with Crippen molar-refractivity contribution in [3.05, 3.63) is 70.8 Å². The molecule has 0 spiro atoms. The maximum Gasteiger partial charge on any atom is 0.433 e. The molecule has 1 N–H and O–H groups in total. The molecule has 0 unspecified atom stereocenters. The summed E-state index contributed by atoms with van der Waals surface area (Å²) in [6.45, 7) is 0. The Balaban J connectivity index is 1.80. The number of nitrogens with one attached hydrogen (secondary N) is 1. The average Bonchev–Trinajstić information content (AvgIpc) is 2.67. The van der Waals surface area contributed by atoms with Crippen molar-refractivity contribution < 1.29 is 18.0 Å². The normalized spacial score (nSPS) is 11.3. The van der Waals surface area contributed by atoms with Gasteiger partial charge in [-0.25, -0.2) is 9.97 Å². The van der Waals surface area contributed by atoms with Gasteiger partial charge in [0.05, 0.1) is 11.4 Å². The Bertz CT molecular complexity index is 966. The number of carbonyl (C=O) groups excluding carboxylic acids is 1. The minimum atomic E-state index is -4.62. The van der Waals surface area contributed by atoms with Crippen molar-refractivity contribution in [2.45, 2.75) is 11.3 Å². The number of para-hydroxylation sites is 1. The fourth-order valence-electron chi connectivity index (χ4n) is 2.25. The highest BCUT2D eigenvalue weighted by Gasteiger charge is 2.34. The molecule has 0 radical (unpaired) electrons. The standard InChI is InChI=1S/C19H13BrF3N3OS/c20-13-8-6-12(7-9-13)15-10-16(19(21,22)23)26-18(25-15)28-11-17(27)24-14-4-2-1-3-5-14/h1-10H,11H2,(H,24,27). The summed E-state index contributed by atoms with van der Waals surface area (Å²) >= 11 is 4.13. The number of amides is 1. The molecular weight excluding hydrogens is 455 g/mol. The van der Waals surface area contributed by atoms with E-state index in [0.717, 1.165) is 22.3 Å². The van der Waals surface area contributed by atoms with Crippen molar-refractivity contribution in [2.75, 3.05) is 11.1 Å². The third-order valence-electron chi connectivity index (χ3n) is 3.53. The zero-order valence-corrected chi connectivity index (χ0v) is 16.6. The van der Waals surface area contributed by atoms with E-state index in [-0.39, 0.29) is 22.5 Å².